The SMILES string of the molecule is CC1CC(C)(C)CC1CO. The Kier molecular flexibility index (Phi) is 2.04. The van der Waals surface area contributed by atoms with Crippen LogP contribution < -0.4 is 0 Å². The van der Waals surface area contributed by atoms with Crippen LogP contribution in [0.1, 0.15) is 33.6 Å². The first-order chi connectivity index (χ1) is 4.55. The third-order valence-corrected chi connectivity index (χ3v) is 2.73. The monoisotopic (exact) mass is 142 g/mol. The van der Waals surface area contributed by atoms with Crippen LogP contribution in [0.15, 0.2) is 0 Å². The molecule has 0 aromatic carbocycles. The fraction of sp³-hybridized carbons (Fsp3) is 1.00. The highest BCUT2D eigenvalue weighted by Gasteiger charge is 2.35. The molecule has 1 N–H and O–H groups in total. The first-order valence-electron chi connectivity index (χ1n) is 4.16. The molecule has 2 unspecified atom stereocenters. The van der Waals surface area contributed by atoms with Crippen LogP contribution in [0, 0.1) is 17.3 Å². The Bertz CT molecular complexity index is 118. The van der Waals surface area contributed by atoms with Crippen LogP contribution in [0.4, 0.5) is 0 Å². The lowest BCUT2D eigenvalue weighted by Crippen LogP contribution is -2.08. The summed E-state index contributed by atoms with van der Waals surface area (Å²) in [6.45, 7) is 7.21. The van der Waals surface area contributed by atoms with Gasteiger partial charge in [0.15, 0.2) is 0 Å². The zero-order valence-corrected chi connectivity index (χ0v) is 7.22. The second-order valence-electron chi connectivity index (χ2n) is 4.49. The molecule has 0 radical (unpaired) electrons. The molecule has 0 amide bonds. The molecule has 0 aromatic heterocycles. The molecule has 60 valence electrons. The molecule has 0 aromatic rings. The minimum absolute atomic E-state index is 0.380. The highest BCUT2D eigenvalue weighted by Crippen LogP contribution is 2.44. The molecule has 1 nitrogen and oxygen atoms in total. The Morgan fingerprint density at radius 3 is 2.20 bits per heavy atom. The van der Waals surface area contributed by atoms with Gasteiger partial charge in [0.25, 0.3) is 0 Å². The van der Waals surface area contributed by atoms with Crippen molar-refractivity contribution < 1.29 is 5.11 Å². The van der Waals surface area contributed by atoms with Gasteiger partial charge in [-0.1, -0.05) is 20.8 Å². The molecule has 1 heteroatoms. The fourth-order valence-corrected chi connectivity index (χ4v) is 2.28. The third kappa shape index (κ3) is 1.51. The highest BCUT2D eigenvalue weighted by molar-refractivity contribution is 4.86. The van der Waals surface area contributed by atoms with Crippen LogP contribution in [-0.4, -0.2) is 11.7 Å². The minimum Gasteiger partial charge on any atom is -0.396 e. The van der Waals surface area contributed by atoms with Gasteiger partial charge in [0.1, 0.15) is 0 Å². The van der Waals surface area contributed by atoms with Crippen LogP contribution in [0.25, 0.3) is 0 Å². The second-order valence-corrected chi connectivity index (χ2v) is 4.49. The summed E-state index contributed by atoms with van der Waals surface area (Å²) in [6, 6.07) is 0. The number of aliphatic hydroxyl groups is 1. The molecular formula is C9H18O. The summed E-state index contributed by atoms with van der Waals surface area (Å²) in [5.41, 5.74) is 0.479. The lowest BCUT2D eigenvalue weighted by atomic mass is 9.90. The lowest BCUT2D eigenvalue weighted by Gasteiger charge is -2.15. The van der Waals surface area contributed by atoms with E-state index in [1.54, 1.807) is 0 Å². The van der Waals surface area contributed by atoms with Crippen molar-refractivity contribution in [3.05, 3.63) is 0 Å². The summed E-state index contributed by atoms with van der Waals surface area (Å²) < 4.78 is 0. The quantitative estimate of drug-likeness (QED) is 0.594. The topological polar surface area (TPSA) is 20.2 Å². The summed E-state index contributed by atoms with van der Waals surface area (Å²) in [5, 5.41) is 8.97. The van der Waals surface area contributed by atoms with E-state index in [0.717, 1.165) is 5.92 Å². The van der Waals surface area contributed by atoms with E-state index in [9.17, 15) is 0 Å². The first-order valence-corrected chi connectivity index (χ1v) is 4.16. The van der Waals surface area contributed by atoms with E-state index in [-0.39, 0.29) is 0 Å². The van der Waals surface area contributed by atoms with Crippen molar-refractivity contribution in [2.75, 3.05) is 6.61 Å². The van der Waals surface area contributed by atoms with Gasteiger partial charge in [0.2, 0.25) is 0 Å². The highest BCUT2D eigenvalue weighted by atomic mass is 16.3. The van der Waals surface area contributed by atoms with Crippen molar-refractivity contribution in [1.82, 2.24) is 0 Å². The molecule has 0 spiro atoms. The smallest absolute Gasteiger partial charge is 0.0462 e. The predicted molar refractivity (Wildman–Crippen MR) is 42.8 cm³/mol. The number of hydrogen-bond acceptors (Lipinski definition) is 1. The van der Waals surface area contributed by atoms with E-state index in [4.69, 9.17) is 5.11 Å². The van der Waals surface area contributed by atoms with Crippen molar-refractivity contribution >= 4 is 0 Å². The maximum absolute atomic E-state index is 8.97. The third-order valence-electron chi connectivity index (χ3n) is 2.73. The number of hydrogen-bond donors (Lipinski definition) is 1. The molecule has 10 heavy (non-hydrogen) atoms. The van der Waals surface area contributed by atoms with Crippen LogP contribution >= 0.6 is 0 Å². The van der Waals surface area contributed by atoms with Crippen molar-refractivity contribution in [1.29, 1.82) is 0 Å². The second kappa shape index (κ2) is 2.54. The molecule has 0 heterocycles. The van der Waals surface area contributed by atoms with Crippen LogP contribution in [-0.2, 0) is 0 Å². The summed E-state index contributed by atoms with van der Waals surface area (Å²) in [5.74, 6) is 1.29. The van der Waals surface area contributed by atoms with E-state index in [2.05, 4.69) is 20.8 Å². The van der Waals surface area contributed by atoms with Crippen molar-refractivity contribution in [3.8, 4) is 0 Å². The minimum atomic E-state index is 0.380. The zero-order chi connectivity index (χ0) is 7.78. The molecule has 0 saturated heterocycles. The molecule has 1 aliphatic carbocycles. The maximum atomic E-state index is 8.97. The van der Waals surface area contributed by atoms with Crippen LogP contribution in [0.2, 0.25) is 0 Å². The normalized spacial score (nSPS) is 38.4. The van der Waals surface area contributed by atoms with Gasteiger partial charge in [-0.25, -0.2) is 0 Å². The molecule has 1 aliphatic rings. The summed E-state index contributed by atoms with van der Waals surface area (Å²) >= 11 is 0. The summed E-state index contributed by atoms with van der Waals surface area (Å²) in [4.78, 5) is 0. The number of rotatable bonds is 1. The van der Waals surface area contributed by atoms with E-state index >= 15 is 0 Å². The fourth-order valence-electron chi connectivity index (χ4n) is 2.28. The maximum Gasteiger partial charge on any atom is 0.0462 e. The van der Waals surface area contributed by atoms with Crippen molar-refractivity contribution in [3.63, 3.8) is 0 Å². The van der Waals surface area contributed by atoms with Crippen molar-refractivity contribution in [2.45, 2.75) is 33.6 Å². The number of aliphatic hydroxyl groups excluding tert-OH is 1. The average Bonchev–Trinajstić information content (AvgIpc) is 2.05. The Labute approximate surface area is 63.4 Å². The van der Waals surface area contributed by atoms with Crippen molar-refractivity contribution in [2.24, 2.45) is 17.3 Å². The van der Waals surface area contributed by atoms with Gasteiger partial charge in [0.05, 0.1) is 0 Å². The molecule has 1 saturated carbocycles. The van der Waals surface area contributed by atoms with E-state index in [1.807, 2.05) is 0 Å². The van der Waals surface area contributed by atoms with Crippen LogP contribution in [0.5, 0.6) is 0 Å². The molecule has 0 aliphatic heterocycles. The lowest BCUT2D eigenvalue weighted by molar-refractivity contribution is 0.196. The molecule has 0 bridgehead atoms. The first kappa shape index (κ1) is 8.06. The van der Waals surface area contributed by atoms with E-state index in [1.165, 1.54) is 12.8 Å². The van der Waals surface area contributed by atoms with Gasteiger partial charge >= 0.3 is 0 Å². The van der Waals surface area contributed by atoms with Gasteiger partial charge in [-0.2, -0.15) is 0 Å². The van der Waals surface area contributed by atoms with Gasteiger partial charge in [-0.05, 0) is 30.1 Å². The Hall–Kier alpha value is -0.0400. The molecule has 1 fully saturated rings. The van der Waals surface area contributed by atoms with E-state index < -0.39 is 0 Å². The van der Waals surface area contributed by atoms with Gasteiger partial charge < -0.3 is 5.11 Å². The molecule has 2 atom stereocenters. The standard InChI is InChI=1S/C9H18O/c1-7-4-9(2,3)5-8(7)6-10/h7-8,10H,4-6H2,1-3H3. The summed E-state index contributed by atoms with van der Waals surface area (Å²) in [7, 11) is 0. The predicted octanol–water partition coefficient (Wildman–Crippen LogP) is 2.05. The zero-order valence-electron chi connectivity index (χ0n) is 7.22. The average molecular weight is 142 g/mol. The van der Waals surface area contributed by atoms with Crippen LogP contribution in [0.3, 0.4) is 0 Å². The Balaban J connectivity index is 2.52. The molecular weight excluding hydrogens is 124 g/mol. The Morgan fingerprint density at radius 2 is 2.00 bits per heavy atom. The van der Waals surface area contributed by atoms with Gasteiger partial charge in [-0.15, -0.1) is 0 Å². The largest absolute Gasteiger partial charge is 0.396 e. The summed E-state index contributed by atoms with van der Waals surface area (Å²) in [6.07, 6.45) is 2.48. The van der Waals surface area contributed by atoms with E-state index in [0.29, 0.717) is 17.9 Å². The molecule has 1 rings (SSSR count). The Morgan fingerprint density at radius 1 is 1.40 bits per heavy atom. The van der Waals surface area contributed by atoms with Gasteiger partial charge in [-0.3, -0.25) is 0 Å². The van der Waals surface area contributed by atoms with Gasteiger partial charge in [0, 0.05) is 6.61 Å².